The number of ether oxygens (including phenoxy) is 1. The summed E-state index contributed by atoms with van der Waals surface area (Å²) in [6, 6.07) is 9.99. The number of rotatable bonds is 2. The molecule has 0 aromatic heterocycles. The van der Waals surface area contributed by atoms with Crippen molar-refractivity contribution < 1.29 is 9.53 Å². The summed E-state index contributed by atoms with van der Waals surface area (Å²) in [5.74, 6) is -0.0245. The van der Waals surface area contributed by atoms with E-state index in [9.17, 15) is 4.79 Å². The third kappa shape index (κ3) is 3.33. The van der Waals surface area contributed by atoms with Crippen molar-refractivity contribution in [2.45, 2.75) is 38.5 Å². The van der Waals surface area contributed by atoms with Gasteiger partial charge in [0.15, 0.2) is 0 Å². The van der Waals surface area contributed by atoms with Crippen molar-refractivity contribution in [3.05, 3.63) is 35.9 Å². The van der Waals surface area contributed by atoms with Gasteiger partial charge in [-0.25, -0.2) is 0 Å². The summed E-state index contributed by atoms with van der Waals surface area (Å²) in [5, 5.41) is 0. The van der Waals surface area contributed by atoms with Crippen molar-refractivity contribution in [3.63, 3.8) is 0 Å². The van der Waals surface area contributed by atoms with E-state index in [0.717, 1.165) is 5.56 Å². The van der Waals surface area contributed by atoms with Crippen LogP contribution in [0.2, 0.25) is 0 Å². The zero-order chi connectivity index (χ0) is 14.0. The molecule has 1 heterocycles. The van der Waals surface area contributed by atoms with Crippen molar-refractivity contribution in [3.8, 4) is 0 Å². The molecule has 1 saturated heterocycles. The lowest BCUT2D eigenvalue weighted by molar-refractivity contribution is -0.149. The molecule has 2 rings (SSSR count). The number of amides is 1. The molecule has 0 bridgehead atoms. The molecule has 2 unspecified atom stereocenters. The third-order valence-electron chi connectivity index (χ3n) is 3.27. The number of carbonyl (C=O) groups excluding carboxylic acids is 1. The summed E-state index contributed by atoms with van der Waals surface area (Å²) < 4.78 is 5.93. The van der Waals surface area contributed by atoms with Crippen LogP contribution in [0, 0.1) is 0 Å². The van der Waals surface area contributed by atoms with Gasteiger partial charge in [0, 0.05) is 6.54 Å². The Kier molecular flexibility index (Phi) is 3.92. The quantitative estimate of drug-likeness (QED) is 0.882. The van der Waals surface area contributed by atoms with Crippen LogP contribution in [-0.4, -0.2) is 35.5 Å². The maximum Gasteiger partial charge on any atom is 0.242 e. The van der Waals surface area contributed by atoms with E-state index in [1.807, 2.05) is 42.2 Å². The fourth-order valence-corrected chi connectivity index (χ4v) is 2.38. The molecule has 104 valence electrons. The molecule has 1 aromatic rings. The van der Waals surface area contributed by atoms with Crippen LogP contribution in [0.15, 0.2) is 30.3 Å². The van der Waals surface area contributed by atoms with E-state index in [4.69, 9.17) is 10.5 Å². The predicted octanol–water partition coefficient (Wildman–Crippen LogP) is 1.71. The fraction of sp³-hybridized carbons (Fsp3) is 0.533. The Morgan fingerprint density at radius 1 is 1.32 bits per heavy atom. The minimum atomic E-state index is -0.835. The summed E-state index contributed by atoms with van der Waals surface area (Å²) in [6.07, 6.45) is -0.0542. The largest absolute Gasteiger partial charge is 0.367 e. The number of morpholine rings is 1. The van der Waals surface area contributed by atoms with Crippen LogP contribution >= 0.6 is 0 Å². The second kappa shape index (κ2) is 5.31. The summed E-state index contributed by atoms with van der Waals surface area (Å²) in [6.45, 7) is 6.63. The number of hydrogen-bond donors (Lipinski definition) is 1. The Balaban J connectivity index is 2.15. The monoisotopic (exact) mass is 262 g/mol. The van der Waals surface area contributed by atoms with Gasteiger partial charge in [-0.15, -0.1) is 0 Å². The Morgan fingerprint density at radius 3 is 2.53 bits per heavy atom. The second-order valence-electron chi connectivity index (χ2n) is 5.78. The van der Waals surface area contributed by atoms with E-state index in [2.05, 4.69) is 0 Å². The second-order valence-corrected chi connectivity index (χ2v) is 5.78. The smallest absolute Gasteiger partial charge is 0.242 e. The average molecular weight is 262 g/mol. The molecule has 1 aromatic carbocycles. The van der Waals surface area contributed by atoms with Gasteiger partial charge in [-0.05, 0) is 26.3 Å². The van der Waals surface area contributed by atoms with E-state index >= 15 is 0 Å². The number of benzene rings is 1. The minimum Gasteiger partial charge on any atom is -0.367 e. The van der Waals surface area contributed by atoms with Crippen molar-refractivity contribution in [1.82, 2.24) is 4.90 Å². The standard InChI is InChI=1S/C15H22N2O2/c1-11-9-17(14(18)15(2,3)16)10-13(19-11)12-7-5-4-6-8-12/h4-8,11,13H,9-10,16H2,1-3H3. The van der Waals surface area contributed by atoms with Gasteiger partial charge in [-0.3, -0.25) is 4.79 Å². The summed E-state index contributed by atoms with van der Waals surface area (Å²) in [5.41, 5.74) is 6.17. The van der Waals surface area contributed by atoms with Gasteiger partial charge in [0.25, 0.3) is 0 Å². The molecule has 1 amide bonds. The highest BCUT2D eigenvalue weighted by Crippen LogP contribution is 2.26. The molecule has 19 heavy (non-hydrogen) atoms. The number of carbonyl (C=O) groups is 1. The van der Waals surface area contributed by atoms with Crippen LogP contribution in [0.1, 0.15) is 32.4 Å². The highest BCUT2D eigenvalue weighted by Gasteiger charge is 2.34. The first-order valence-electron chi connectivity index (χ1n) is 6.66. The highest BCUT2D eigenvalue weighted by atomic mass is 16.5. The van der Waals surface area contributed by atoms with Gasteiger partial charge >= 0.3 is 0 Å². The zero-order valence-electron chi connectivity index (χ0n) is 11.8. The van der Waals surface area contributed by atoms with Gasteiger partial charge in [0.2, 0.25) is 5.91 Å². The number of nitrogens with two attached hydrogens (primary N) is 1. The lowest BCUT2D eigenvalue weighted by Crippen LogP contribution is -2.56. The first-order valence-corrected chi connectivity index (χ1v) is 6.66. The third-order valence-corrected chi connectivity index (χ3v) is 3.27. The molecule has 1 aliphatic rings. The Hall–Kier alpha value is -1.39. The van der Waals surface area contributed by atoms with Crippen molar-refractivity contribution >= 4 is 5.91 Å². The molecule has 0 aliphatic carbocycles. The number of hydrogen-bond acceptors (Lipinski definition) is 3. The van der Waals surface area contributed by atoms with Crippen molar-refractivity contribution in [1.29, 1.82) is 0 Å². The molecule has 4 nitrogen and oxygen atoms in total. The molecule has 0 saturated carbocycles. The van der Waals surface area contributed by atoms with Crippen molar-refractivity contribution in [2.24, 2.45) is 5.73 Å². The van der Waals surface area contributed by atoms with Gasteiger partial charge in [0.05, 0.1) is 18.2 Å². The van der Waals surface area contributed by atoms with Crippen molar-refractivity contribution in [2.75, 3.05) is 13.1 Å². The zero-order valence-corrected chi connectivity index (χ0v) is 11.8. The Bertz CT molecular complexity index is 439. The fourth-order valence-electron chi connectivity index (χ4n) is 2.38. The topological polar surface area (TPSA) is 55.6 Å². The van der Waals surface area contributed by atoms with Crippen LogP contribution in [0.3, 0.4) is 0 Å². The lowest BCUT2D eigenvalue weighted by atomic mass is 10.0. The normalized spacial score (nSPS) is 24.3. The van der Waals surface area contributed by atoms with Gasteiger partial charge in [-0.1, -0.05) is 30.3 Å². The van der Waals surface area contributed by atoms with Crippen LogP contribution in [-0.2, 0) is 9.53 Å². The van der Waals surface area contributed by atoms with E-state index in [1.54, 1.807) is 13.8 Å². The van der Waals surface area contributed by atoms with Crippen LogP contribution in [0.5, 0.6) is 0 Å². The molecule has 1 aliphatic heterocycles. The molecule has 2 atom stereocenters. The summed E-state index contributed by atoms with van der Waals surface area (Å²) in [4.78, 5) is 14.1. The first-order chi connectivity index (χ1) is 8.88. The Morgan fingerprint density at radius 2 is 1.95 bits per heavy atom. The van der Waals surface area contributed by atoms with Crippen LogP contribution < -0.4 is 5.73 Å². The SMILES string of the molecule is CC1CN(C(=O)C(C)(C)N)CC(c2ccccc2)O1. The minimum absolute atomic E-state index is 0.0188. The maximum absolute atomic E-state index is 12.3. The summed E-state index contributed by atoms with van der Waals surface area (Å²) >= 11 is 0. The molecule has 0 spiro atoms. The number of nitrogens with zero attached hydrogens (tertiary/aromatic N) is 1. The maximum atomic E-state index is 12.3. The van der Waals surface area contributed by atoms with E-state index in [-0.39, 0.29) is 18.1 Å². The molecular formula is C15H22N2O2. The molecule has 2 N–H and O–H groups in total. The molecule has 0 radical (unpaired) electrons. The Labute approximate surface area is 114 Å². The lowest BCUT2D eigenvalue weighted by Gasteiger charge is -2.39. The van der Waals surface area contributed by atoms with Gasteiger partial charge in [0.1, 0.15) is 6.10 Å². The van der Waals surface area contributed by atoms with Crippen LogP contribution in [0.4, 0.5) is 0 Å². The first kappa shape index (κ1) is 14.0. The van der Waals surface area contributed by atoms with E-state index in [1.165, 1.54) is 0 Å². The summed E-state index contributed by atoms with van der Waals surface area (Å²) in [7, 11) is 0. The van der Waals surface area contributed by atoms with E-state index < -0.39 is 5.54 Å². The average Bonchev–Trinajstić information content (AvgIpc) is 2.37. The molecular weight excluding hydrogens is 240 g/mol. The highest BCUT2D eigenvalue weighted by molar-refractivity contribution is 5.85. The molecule has 1 fully saturated rings. The van der Waals surface area contributed by atoms with Crippen LogP contribution in [0.25, 0.3) is 0 Å². The predicted molar refractivity (Wildman–Crippen MR) is 74.6 cm³/mol. The van der Waals surface area contributed by atoms with Gasteiger partial charge < -0.3 is 15.4 Å². The molecule has 4 heteroatoms. The van der Waals surface area contributed by atoms with E-state index in [0.29, 0.717) is 13.1 Å². The van der Waals surface area contributed by atoms with Gasteiger partial charge in [-0.2, -0.15) is 0 Å².